The molecule has 0 aliphatic carbocycles. The Kier molecular flexibility index (Phi) is 5.12. The van der Waals surface area contributed by atoms with Gasteiger partial charge < -0.3 is 9.26 Å². The molecule has 0 aliphatic heterocycles. The second-order valence-electron chi connectivity index (χ2n) is 7.24. The van der Waals surface area contributed by atoms with E-state index in [9.17, 15) is 22.4 Å². The molecule has 0 unspecified atom stereocenters. The van der Waals surface area contributed by atoms with Crippen LogP contribution in [0.4, 0.5) is 17.6 Å². The fraction of sp³-hybridized carbons (Fsp3) is 0.0417. The van der Waals surface area contributed by atoms with Gasteiger partial charge in [-0.25, -0.2) is 4.39 Å². The van der Waals surface area contributed by atoms with Crippen LogP contribution >= 0.6 is 0 Å². The first-order valence-electron chi connectivity index (χ1n) is 9.89. The van der Waals surface area contributed by atoms with Crippen LogP contribution in [0.25, 0.3) is 39.3 Å². The Balaban J connectivity index is 1.59. The smallest absolute Gasteiger partial charge is 0.406 e. The Morgan fingerprint density at radius 3 is 2.35 bits per heavy atom. The van der Waals surface area contributed by atoms with E-state index < -0.39 is 12.2 Å². The summed E-state index contributed by atoms with van der Waals surface area (Å²) < 4.78 is 61.5. The number of rotatable bonds is 4. The highest BCUT2D eigenvalue weighted by atomic mass is 19.4. The van der Waals surface area contributed by atoms with Gasteiger partial charge in [-0.1, -0.05) is 29.4 Å². The summed E-state index contributed by atoms with van der Waals surface area (Å²) in [4.78, 5) is 17.4. The molecule has 0 spiro atoms. The molecule has 5 rings (SSSR count). The lowest BCUT2D eigenvalue weighted by molar-refractivity contribution is -0.274. The van der Waals surface area contributed by atoms with Crippen LogP contribution in [0.5, 0.6) is 5.75 Å². The van der Waals surface area contributed by atoms with Gasteiger partial charge in [0.1, 0.15) is 11.6 Å². The summed E-state index contributed by atoms with van der Waals surface area (Å²) >= 11 is 0. The molecule has 0 aliphatic rings. The van der Waals surface area contributed by atoms with Gasteiger partial charge in [0.05, 0.1) is 11.3 Å². The van der Waals surface area contributed by atoms with Crippen LogP contribution in [-0.2, 0) is 0 Å². The van der Waals surface area contributed by atoms with Crippen LogP contribution in [0.2, 0.25) is 0 Å². The van der Waals surface area contributed by atoms with Gasteiger partial charge in [0.15, 0.2) is 0 Å². The molecule has 0 amide bonds. The van der Waals surface area contributed by atoms with E-state index in [1.807, 2.05) is 0 Å². The van der Waals surface area contributed by atoms with Crippen molar-refractivity contribution in [2.45, 2.75) is 6.36 Å². The molecule has 0 saturated heterocycles. The van der Waals surface area contributed by atoms with E-state index >= 15 is 0 Å². The number of halogens is 4. The maximum Gasteiger partial charge on any atom is 0.573 e. The number of alkyl halides is 3. The maximum atomic E-state index is 13.8. The Morgan fingerprint density at radius 1 is 0.912 bits per heavy atom. The normalized spacial score (nSPS) is 11.6. The highest BCUT2D eigenvalue weighted by Crippen LogP contribution is 2.30. The van der Waals surface area contributed by atoms with Gasteiger partial charge in [-0.3, -0.25) is 9.36 Å². The highest BCUT2D eigenvalue weighted by molar-refractivity contribution is 5.94. The van der Waals surface area contributed by atoms with E-state index in [0.29, 0.717) is 27.6 Å². The number of pyridine rings is 1. The van der Waals surface area contributed by atoms with Gasteiger partial charge in [-0.05, 0) is 48.5 Å². The Labute approximate surface area is 188 Å². The summed E-state index contributed by atoms with van der Waals surface area (Å²) in [7, 11) is 0. The minimum Gasteiger partial charge on any atom is -0.406 e. The molecule has 0 saturated carbocycles. The minimum absolute atomic E-state index is 0.0759. The summed E-state index contributed by atoms with van der Waals surface area (Å²) in [5.74, 6) is -0.682. The molecule has 0 fully saturated rings. The van der Waals surface area contributed by atoms with Crippen molar-refractivity contribution in [3.05, 3.63) is 95.2 Å². The first-order chi connectivity index (χ1) is 16.3. The van der Waals surface area contributed by atoms with Crippen molar-refractivity contribution in [3.8, 4) is 34.3 Å². The largest absolute Gasteiger partial charge is 0.573 e. The number of ether oxygens (including phenoxy) is 1. The van der Waals surface area contributed by atoms with Crippen LogP contribution < -0.4 is 10.3 Å². The topological polar surface area (TPSA) is 70.2 Å². The summed E-state index contributed by atoms with van der Waals surface area (Å²) in [6, 6.07) is 17.4. The third-order valence-electron chi connectivity index (χ3n) is 5.01. The number of benzene rings is 3. The van der Waals surface area contributed by atoms with Crippen molar-refractivity contribution in [2.24, 2.45) is 0 Å². The average molecular weight is 467 g/mol. The third-order valence-corrected chi connectivity index (χ3v) is 5.01. The van der Waals surface area contributed by atoms with Gasteiger partial charge in [-0.15, -0.1) is 13.2 Å². The van der Waals surface area contributed by atoms with E-state index in [4.69, 9.17) is 4.52 Å². The standard InChI is InChI=1S/C24H13F4N3O3/c25-15-4-3-5-16(12-15)31-13-20(18-6-1-2-7-19(18)23(31)32)22-29-21(30-34-22)14-8-10-17(11-9-14)33-24(26,27)28/h1-13H. The number of aromatic nitrogens is 3. The van der Waals surface area contributed by atoms with Crippen LogP contribution in [0.15, 0.2) is 88.3 Å². The summed E-state index contributed by atoms with van der Waals surface area (Å²) in [5, 5.41) is 4.82. The molecule has 170 valence electrons. The molecule has 0 atom stereocenters. The fourth-order valence-corrected chi connectivity index (χ4v) is 3.54. The average Bonchev–Trinajstić information content (AvgIpc) is 3.29. The van der Waals surface area contributed by atoms with Crippen LogP contribution in [0.1, 0.15) is 0 Å². The predicted molar refractivity (Wildman–Crippen MR) is 115 cm³/mol. The molecule has 0 radical (unpaired) electrons. The van der Waals surface area contributed by atoms with E-state index in [-0.39, 0.29) is 23.0 Å². The van der Waals surface area contributed by atoms with Crippen molar-refractivity contribution in [1.82, 2.24) is 14.7 Å². The summed E-state index contributed by atoms with van der Waals surface area (Å²) in [5.41, 5.74) is 0.782. The molecule has 0 N–H and O–H groups in total. The maximum absolute atomic E-state index is 13.8. The molecular formula is C24H13F4N3O3. The molecule has 2 heterocycles. The van der Waals surface area contributed by atoms with Crippen LogP contribution in [0, 0.1) is 5.82 Å². The van der Waals surface area contributed by atoms with Crippen LogP contribution in [-0.4, -0.2) is 21.1 Å². The van der Waals surface area contributed by atoms with E-state index in [1.165, 1.54) is 41.1 Å². The van der Waals surface area contributed by atoms with E-state index in [0.717, 1.165) is 12.1 Å². The van der Waals surface area contributed by atoms with Crippen molar-refractivity contribution in [2.75, 3.05) is 0 Å². The molecule has 2 aromatic heterocycles. The lowest BCUT2D eigenvalue weighted by Gasteiger charge is -2.10. The zero-order valence-corrected chi connectivity index (χ0v) is 17.1. The Morgan fingerprint density at radius 2 is 1.65 bits per heavy atom. The van der Waals surface area contributed by atoms with Gasteiger partial charge in [0.25, 0.3) is 11.4 Å². The highest BCUT2D eigenvalue weighted by Gasteiger charge is 2.31. The third kappa shape index (κ3) is 4.13. The van der Waals surface area contributed by atoms with Gasteiger partial charge in [0.2, 0.25) is 5.82 Å². The van der Waals surface area contributed by atoms with Crippen LogP contribution in [0.3, 0.4) is 0 Å². The Bertz CT molecular complexity index is 1560. The van der Waals surface area contributed by atoms with Gasteiger partial charge in [0, 0.05) is 22.5 Å². The van der Waals surface area contributed by atoms with Crippen molar-refractivity contribution in [1.29, 1.82) is 0 Å². The number of nitrogens with zero attached hydrogens (tertiary/aromatic N) is 3. The zero-order valence-electron chi connectivity index (χ0n) is 17.1. The summed E-state index contributed by atoms with van der Waals surface area (Å²) in [6.07, 6.45) is -3.32. The van der Waals surface area contributed by atoms with Crippen molar-refractivity contribution < 1.29 is 26.8 Å². The number of fused-ring (bicyclic) bond motifs is 1. The van der Waals surface area contributed by atoms with Gasteiger partial charge >= 0.3 is 6.36 Å². The molecule has 3 aromatic carbocycles. The van der Waals surface area contributed by atoms with Crippen molar-refractivity contribution in [3.63, 3.8) is 0 Å². The predicted octanol–water partition coefficient (Wildman–Crippen LogP) is 5.75. The molecule has 5 aromatic rings. The lowest BCUT2D eigenvalue weighted by Crippen LogP contribution is -2.18. The molecular weight excluding hydrogens is 454 g/mol. The molecule has 10 heteroatoms. The monoisotopic (exact) mass is 467 g/mol. The zero-order chi connectivity index (χ0) is 23.9. The van der Waals surface area contributed by atoms with Gasteiger partial charge in [-0.2, -0.15) is 4.98 Å². The molecule has 6 nitrogen and oxygen atoms in total. The number of hydrogen-bond donors (Lipinski definition) is 0. The first-order valence-corrected chi connectivity index (χ1v) is 9.89. The lowest BCUT2D eigenvalue weighted by atomic mass is 10.1. The first kappa shape index (κ1) is 21.4. The second-order valence-corrected chi connectivity index (χ2v) is 7.24. The Hall–Kier alpha value is -4.47. The quantitative estimate of drug-likeness (QED) is 0.315. The van der Waals surface area contributed by atoms with E-state index in [2.05, 4.69) is 14.9 Å². The summed E-state index contributed by atoms with van der Waals surface area (Å²) in [6.45, 7) is 0. The van der Waals surface area contributed by atoms with E-state index in [1.54, 1.807) is 30.3 Å². The fourth-order valence-electron chi connectivity index (χ4n) is 3.54. The minimum atomic E-state index is -4.80. The second kappa shape index (κ2) is 8.14. The molecule has 0 bridgehead atoms. The SMILES string of the molecule is O=c1c2ccccc2c(-c2nc(-c3ccc(OC(F)(F)F)cc3)no2)cn1-c1cccc(F)c1. The van der Waals surface area contributed by atoms with Crippen molar-refractivity contribution >= 4 is 10.8 Å². The molecule has 34 heavy (non-hydrogen) atoms. The number of hydrogen-bond acceptors (Lipinski definition) is 5.